The second-order valence-corrected chi connectivity index (χ2v) is 5.80. The fourth-order valence-electron chi connectivity index (χ4n) is 2.06. The van der Waals surface area contributed by atoms with Crippen molar-refractivity contribution in [3.63, 3.8) is 0 Å². The molecule has 0 spiro atoms. The van der Waals surface area contributed by atoms with Gasteiger partial charge in [0, 0.05) is 17.6 Å². The van der Waals surface area contributed by atoms with Crippen LogP contribution in [-0.4, -0.2) is 19.3 Å². The molecule has 3 nitrogen and oxygen atoms in total. The van der Waals surface area contributed by atoms with Crippen molar-refractivity contribution in [1.29, 1.82) is 0 Å². The van der Waals surface area contributed by atoms with Crippen LogP contribution in [0.15, 0.2) is 24.8 Å². The molecule has 0 unspecified atom stereocenters. The van der Waals surface area contributed by atoms with Gasteiger partial charge in [0.25, 0.3) is 0 Å². The Morgan fingerprint density at radius 2 is 2.00 bits per heavy atom. The lowest BCUT2D eigenvalue weighted by Crippen LogP contribution is -2.37. The molecule has 0 saturated heterocycles. The lowest BCUT2D eigenvalue weighted by atomic mass is 10.0. The number of benzene rings is 1. The summed E-state index contributed by atoms with van der Waals surface area (Å²) in [6.07, 6.45) is 3.75. The molecular formula is C18H29NO2. The minimum Gasteiger partial charge on any atom is -0.493 e. The van der Waals surface area contributed by atoms with E-state index in [0.717, 1.165) is 36.4 Å². The predicted octanol–water partition coefficient (Wildman–Crippen LogP) is 4.10. The molecule has 0 saturated carbocycles. The van der Waals surface area contributed by atoms with E-state index in [9.17, 15) is 0 Å². The first-order valence-electron chi connectivity index (χ1n) is 7.65. The van der Waals surface area contributed by atoms with E-state index in [0.29, 0.717) is 6.61 Å². The highest BCUT2D eigenvalue weighted by Gasteiger charge is 2.16. The van der Waals surface area contributed by atoms with E-state index in [4.69, 9.17) is 9.47 Å². The summed E-state index contributed by atoms with van der Waals surface area (Å²) in [6, 6.07) is 4.23. The van der Waals surface area contributed by atoms with E-state index in [-0.39, 0.29) is 5.54 Å². The molecule has 0 bridgehead atoms. The topological polar surface area (TPSA) is 30.5 Å². The van der Waals surface area contributed by atoms with Gasteiger partial charge in [-0.15, -0.1) is 6.58 Å². The van der Waals surface area contributed by atoms with Crippen molar-refractivity contribution in [2.75, 3.05) is 13.7 Å². The highest BCUT2D eigenvalue weighted by molar-refractivity contribution is 5.50. The van der Waals surface area contributed by atoms with Crippen LogP contribution in [0.3, 0.4) is 0 Å². The third kappa shape index (κ3) is 5.09. The lowest BCUT2D eigenvalue weighted by molar-refractivity contribution is 0.307. The van der Waals surface area contributed by atoms with Gasteiger partial charge in [-0.05, 0) is 45.2 Å². The second kappa shape index (κ2) is 8.08. The zero-order chi connectivity index (χ0) is 15.9. The molecule has 0 atom stereocenters. The number of nitrogens with one attached hydrogen (secondary N) is 1. The molecule has 1 N–H and O–H groups in total. The fourth-order valence-corrected chi connectivity index (χ4v) is 2.06. The maximum atomic E-state index is 5.74. The van der Waals surface area contributed by atoms with Gasteiger partial charge < -0.3 is 14.8 Å². The Hall–Kier alpha value is -1.48. The van der Waals surface area contributed by atoms with Gasteiger partial charge >= 0.3 is 0 Å². The Morgan fingerprint density at radius 1 is 1.29 bits per heavy atom. The van der Waals surface area contributed by atoms with Crippen LogP contribution < -0.4 is 14.8 Å². The minimum atomic E-state index is 0.129. The number of methoxy groups -OCH3 is 1. The summed E-state index contributed by atoms with van der Waals surface area (Å²) in [6.45, 7) is 13.9. The molecule has 118 valence electrons. The SMILES string of the molecule is C=CCc1cc(CNC(C)(C)CC)cc(OC)c1OCC. The van der Waals surface area contributed by atoms with Crippen LogP contribution >= 0.6 is 0 Å². The first-order valence-corrected chi connectivity index (χ1v) is 7.65. The van der Waals surface area contributed by atoms with Crippen LogP contribution in [0, 0.1) is 0 Å². The van der Waals surface area contributed by atoms with Gasteiger partial charge in [-0.2, -0.15) is 0 Å². The maximum absolute atomic E-state index is 5.74. The van der Waals surface area contributed by atoms with Crippen LogP contribution in [-0.2, 0) is 13.0 Å². The Balaban J connectivity index is 3.05. The Labute approximate surface area is 129 Å². The summed E-state index contributed by atoms with van der Waals surface area (Å²) in [4.78, 5) is 0. The third-order valence-electron chi connectivity index (χ3n) is 3.72. The van der Waals surface area contributed by atoms with Crippen molar-refractivity contribution in [3.8, 4) is 11.5 Å². The van der Waals surface area contributed by atoms with Crippen LogP contribution in [0.2, 0.25) is 0 Å². The highest BCUT2D eigenvalue weighted by atomic mass is 16.5. The van der Waals surface area contributed by atoms with Crippen molar-refractivity contribution in [2.24, 2.45) is 0 Å². The molecule has 21 heavy (non-hydrogen) atoms. The van der Waals surface area contributed by atoms with Crippen molar-refractivity contribution < 1.29 is 9.47 Å². The van der Waals surface area contributed by atoms with E-state index in [2.05, 4.69) is 44.8 Å². The highest BCUT2D eigenvalue weighted by Crippen LogP contribution is 2.33. The van der Waals surface area contributed by atoms with E-state index in [1.807, 2.05) is 13.0 Å². The van der Waals surface area contributed by atoms with Crippen molar-refractivity contribution in [1.82, 2.24) is 5.32 Å². The quantitative estimate of drug-likeness (QED) is 0.695. The number of hydrogen-bond donors (Lipinski definition) is 1. The molecule has 0 amide bonds. The number of allylic oxidation sites excluding steroid dienone is 1. The first kappa shape index (κ1) is 17.6. The van der Waals surface area contributed by atoms with Crippen LogP contribution in [0.1, 0.15) is 45.2 Å². The summed E-state index contributed by atoms with van der Waals surface area (Å²) in [5, 5.41) is 3.57. The van der Waals surface area contributed by atoms with Gasteiger partial charge in [-0.3, -0.25) is 0 Å². The predicted molar refractivity (Wildman–Crippen MR) is 89.3 cm³/mol. The van der Waals surface area contributed by atoms with Gasteiger partial charge in [0.05, 0.1) is 13.7 Å². The van der Waals surface area contributed by atoms with Crippen molar-refractivity contribution in [3.05, 3.63) is 35.9 Å². The van der Waals surface area contributed by atoms with Gasteiger partial charge in [0.2, 0.25) is 0 Å². The van der Waals surface area contributed by atoms with Crippen molar-refractivity contribution in [2.45, 2.75) is 52.6 Å². The number of rotatable bonds is 9. The van der Waals surface area contributed by atoms with Crippen LogP contribution in [0.5, 0.6) is 11.5 Å². The molecule has 0 fully saturated rings. The summed E-state index contributed by atoms with van der Waals surface area (Å²) in [5.41, 5.74) is 2.45. The minimum absolute atomic E-state index is 0.129. The van der Waals surface area contributed by atoms with E-state index < -0.39 is 0 Å². The monoisotopic (exact) mass is 291 g/mol. The summed E-state index contributed by atoms with van der Waals surface area (Å²) < 4.78 is 11.2. The molecule has 3 heteroatoms. The molecule has 1 aromatic rings. The molecule has 0 radical (unpaired) electrons. The summed E-state index contributed by atoms with van der Waals surface area (Å²) in [5.74, 6) is 1.63. The fraction of sp³-hybridized carbons (Fsp3) is 0.556. The molecule has 0 aliphatic rings. The van der Waals surface area contributed by atoms with E-state index >= 15 is 0 Å². The third-order valence-corrected chi connectivity index (χ3v) is 3.72. The van der Waals surface area contributed by atoms with Crippen LogP contribution in [0.4, 0.5) is 0 Å². The lowest BCUT2D eigenvalue weighted by Gasteiger charge is -2.25. The first-order chi connectivity index (χ1) is 9.97. The van der Waals surface area contributed by atoms with Gasteiger partial charge in [-0.1, -0.05) is 19.1 Å². The van der Waals surface area contributed by atoms with Gasteiger partial charge in [-0.25, -0.2) is 0 Å². The standard InChI is InChI=1S/C18H29NO2/c1-7-10-15-11-14(13-19-18(4,5)8-2)12-16(20-6)17(15)21-9-3/h7,11-12,19H,1,8-10,13H2,2-6H3. The van der Waals surface area contributed by atoms with Crippen molar-refractivity contribution >= 4 is 0 Å². The average Bonchev–Trinajstić information content (AvgIpc) is 2.47. The number of hydrogen-bond acceptors (Lipinski definition) is 3. The Kier molecular flexibility index (Phi) is 6.76. The van der Waals surface area contributed by atoms with E-state index in [1.54, 1.807) is 7.11 Å². The Morgan fingerprint density at radius 3 is 2.52 bits per heavy atom. The average molecular weight is 291 g/mol. The molecule has 0 aliphatic heterocycles. The molecular weight excluding hydrogens is 262 g/mol. The smallest absolute Gasteiger partial charge is 0.164 e. The van der Waals surface area contributed by atoms with Crippen LogP contribution in [0.25, 0.3) is 0 Å². The Bertz CT molecular complexity index is 467. The molecule has 0 aromatic heterocycles. The molecule has 0 heterocycles. The normalized spacial score (nSPS) is 11.3. The molecule has 0 aliphatic carbocycles. The zero-order valence-electron chi connectivity index (χ0n) is 14.1. The molecule has 1 aromatic carbocycles. The number of ether oxygens (including phenoxy) is 2. The summed E-state index contributed by atoms with van der Waals surface area (Å²) in [7, 11) is 1.68. The summed E-state index contributed by atoms with van der Waals surface area (Å²) >= 11 is 0. The second-order valence-electron chi connectivity index (χ2n) is 5.80. The zero-order valence-corrected chi connectivity index (χ0v) is 14.1. The maximum Gasteiger partial charge on any atom is 0.164 e. The van der Waals surface area contributed by atoms with Gasteiger partial charge in [0.15, 0.2) is 11.5 Å². The largest absolute Gasteiger partial charge is 0.493 e. The van der Waals surface area contributed by atoms with Gasteiger partial charge in [0.1, 0.15) is 0 Å². The van der Waals surface area contributed by atoms with E-state index in [1.165, 1.54) is 5.56 Å². The molecule has 1 rings (SSSR count).